The molecular weight excluding hydrogens is 315 g/mol. The molecule has 24 heavy (non-hydrogen) atoms. The van der Waals surface area contributed by atoms with Gasteiger partial charge in [-0.05, 0) is 32.0 Å². The Morgan fingerprint density at radius 1 is 1.29 bits per heavy atom. The first kappa shape index (κ1) is 17.7. The molecule has 7 heteroatoms. The molecule has 0 fully saturated rings. The summed E-state index contributed by atoms with van der Waals surface area (Å²) in [7, 11) is 3.17. The Morgan fingerprint density at radius 2 is 2.00 bits per heavy atom. The molecule has 2 aromatic rings. The van der Waals surface area contributed by atoms with E-state index in [4.69, 9.17) is 9.47 Å². The number of carbonyl (C=O) groups is 2. The number of hydrogen-bond donors (Lipinski definition) is 0. The summed E-state index contributed by atoms with van der Waals surface area (Å²) < 4.78 is 25.0. The smallest absolute Gasteiger partial charge is 0.310 e. The van der Waals surface area contributed by atoms with Gasteiger partial charge in [0.05, 0.1) is 24.8 Å². The van der Waals surface area contributed by atoms with Crippen LogP contribution in [-0.2, 0) is 23.0 Å². The van der Waals surface area contributed by atoms with E-state index in [2.05, 4.69) is 5.10 Å². The van der Waals surface area contributed by atoms with Crippen molar-refractivity contribution < 1.29 is 23.5 Å². The van der Waals surface area contributed by atoms with Gasteiger partial charge in [0.2, 0.25) is 5.78 Å². The van der Waals surface area contributed by atoms with Crippen LogP contribution in [0.4, 0.5) is 4.39 Å². The van der Waals surface area contributed by atoms with Gasteiger partial charge < -0.3 is 9.47 Å². The fourth-order valence-electron chi connectivity index (χ4n) is 2.39. The van der Waals surface area contributed by atoms with Crippen molar-refractivity contribution in [1.82, 2.24) is 9.78 Å². The highest BCUT2D eigenvalue weighted by atomic mass is 19.1. The van der Waals surface area contributed by atoms with E-state index in [-0.39, 0.29) is 17.7 Å². The van der Waals surface area contributed by atoms with Crippen LogP contribution < -0.4 is 4.74 Å². The summed E-state index contributed by atoms with van der Waals surface area (Å²) in [4.78, 5) is 24.1. The Labute approximate surface area is 139 Å². The lowest BCUT2D eigenvalue weighted by Crippen LogP contribution is -2.17. The van der Waals surface area contributed by atoms with Crippen LogP contribution >= 0.6 is 0 Å². The van der Waals surface area contributed by atoms with Crippen molar-refractivity contribution in [2.24, 2.45) is 7.05 Å². The van der Waals surface area contributed by atoms with Crippen molar-refractivity contribution >= 4 is 11.8 Å². The summed E-state index contributed by atoms with van der Waals surface area (Å²) in [5.41, 5.74) is 2.42. The van der Waals surface area contributed by atoms with E-state index in [0.29, 0.717) is 0 Å². The van der Waals surface area contributed by atoms with E-state index in [0.717, 1.165) is 23.0 Å². The molecule has 0 aliphatic carbocycles. The van der Waals surface area contributed by atoms with Crippen LogP contribution in [0, 0.1) is 19.7 Å². The first-order valence-electron chi connectivity index (χ1n) is 7.35. The lowest BCUT2D eigenvalue weighted by Gasteiger charge is -2.08. The maximum atomic E-state index is 13.3. The zero-order valence-electron chi connectivity index (χ0n) is 14.1. The second-order valence-corrected chi connectivity index (χ2v) is 5.38. The molecule has 1 aromatic carbocycles. The maximum absolute atomic E-state index is 13.3. The molecule has 0 saturated heterocycles. The quantitative estimate of drug-likeness (QED) is 0.598. The number of benzene rings is 1. The van der Waals surface area contributed by atoms with E-state index in [1.807, 2.05) is 6.92 Å². The molecule has 0 aliphatic rings. The summed E-state index contributed by atoms with van der Waals surface area (Å²) in [6.07, 6.45) is 0.0269. The number of rotatable bonds is 6. The highest BCUT2D eigenvalue weighted by Gasteiger charge is 2.18. The number of ketones is 1. The van der Waals surface area contributed by atoms with E-state index in [1.165, 1.54) is 19.2 Å². The number of hydrogen-bond acceptors (Lipinski definition) is 5. The van der Waals surface area contributed by atoms with Crippen molar-refractivity contribution in [3.05, 3.63) is 46.5 Å². The van der Waals surface area contributed by atoms with E-state index in [9.17, 15) is 14.0 Å². The van der Waals surface area contributed by atoms with E-state index in [1.54, 1.807) is 18.7 Å². The van der Waals surface area contributed by atoms with Gasteiger partial charge in [-0.15, -0.1) is 0 Å². The number of ether oxygens (including phenoxy) is 2. The predicted octanol–water partition coefficient (Wildman–Crippen LogP) is 2.15. The number of carbonyl (C=O) groups excluding carboxylic acids is 2. The molecule has 6 nitrogen and oxygen atoms in total. The Kier molecular flexibility index (Phi) is 5.33. The summed E-state index contributed by atoms with van der Waals surface area (Å²) in [6.45, 7) is 3.18. The first-order valence-corrected chi connectivity index (χ1v) is 7.35. The lowest BCUT2D eigenvalue weighted by atomic mass is 10.1. The molecule has 0 radical (unpaired) electrons. The van der Waals surface area contributed by atoms with Crippen molar-refractivity contribution in [2.45, 2.75) is 20.3 Å². The Hall–Kier alpha value is -2.70. The Morgan fingerprint density at radius 3 is 2.58 bits per heavy atom. The van der Waals surface area contributed by atoms with Gasteiger partial charge in [-0.3, -0.25) is 14.3 Å². The Balaban J connectivity index is 2.01. The van der Waals surface area contributed by atoms with Gasteiger partial charge in [0.1, 0.15) is 11.6 Å². The predicted molar refractivity (Wildman–Crippen MR) is 84.6 cm³/mol. The number of methoxy groups -OCH3 is 1. The third kappa shape index (κ3) is 3.79. The molecule has 0 saturated carbocycles. The molecule has 0 spiro atoms. The lowest BCUT2D eigenvalue weighted by molar-refractivity contribution is -0.141. The molecular formula is C17H19FN2O4. The highest BCUT2D eigenvalue weighted by molar-refractivity contribution is 6.00. The summed E-state index contributed by atoms with van der Waals surface area (Å²) >= 11 is 0. The normalized spacial score (nSPS) is 10.5. The van der Waals surface area contributed by atoms with E-state index >= 15 is 0 Å². The minimum absolute atomic E-state index is 0.0269. The topological polar surface area (TPSA) is 70.4 Å². The van der Waals surface area contributed by atoms with Gasteiger partial charge in [0, 0.05) is 18.3 Å². The van der Waals surface area contributed by atoms with Crippen LogP contribution in [0.1, 0.15) is 27.3 Å². The number of nitrogens with zero attached hydrogens (tertiary/aromatic N) is 2. The molecule has 128 valence electrons. The molecule has 0 aliphatic heterocycles. The first-order chi connectivity index (χ1) is 11.3. The van der Waals surface area contributed by atoms with Crippen LogP contribution in [0.2, 0.25) is 0 Å². The van der Waals surface area contributed by atoms with Crippen LogP contribution in [0.25, 0.3) is 0 Å². The van der Waals surface area contributed by atoms with Gasteiger partial charge in [0.25, 0.3) is 0 Å². The second-order valence-electron chi connectivity index (χ2n) is 5.38. The van der Waals surface area contributed by atoms with Crippen LogP contribution in [0.3, 0.4) is 0 Å². The second kappa shape index (κ2) is 7.25. The minimum Gasteiger partial charge on any atom is -0.496 e. The fraction of sp³-hybridized carbons (Fsp3) is 0.353. The van der Waals surface area contributed by atoms with E-state index < -0.39 is 24.2 Å². The highest BCUT2D eigenvalue weighted by Crippen LogP contribution is 2.20. The fourth-order valence-corrected chi connectivity index (χ4v) is 2.39. The van der Waals surface area contributed by atoms with Gasteiger partial charge in [0.15, 0.2) is 6.61 Å². The monoisotopic (exact) mass is 334 g/mol. The number of halogens is 1. The molecule has 1 aromatic heterocycles. The zero-order valence-corrected chi connectivity index (χ0v) is 14.1. The summed E-state index contributed by atoms with van der Waals surface area (Å²) in [6, 6.07) is 3.60. The third-order valence-corrected chi connectivity index (χ3v) is 3.81. The average Bonchev–Trinajstić information content (AvgIpc) is 2.78. The molecule has 0 bridgehead atoms. The van der Waals surface area contributed by atoms with Gasteiger partial charge in [-0.25, -0.2) is 4.39 Å². The zero-order chi connectivity index (χ0) is 17.9. The number of aromatic nitrogens is 2. The number of aryl methyl sites for hydroxylation is 2. The van der Waals surface area contributed by atoms with Gasteiger partial charge in [-0.1, -0.05) is 0 Å². The van der Waals surface area contributed by atoms with Gasteiger partial charge in [-0.2, -0.15) is 5.10 Å². The van der Waals surface area contributed by atoms with Crippen LogP contribution in [0.5, 0.6) is 5.75 Å². The van der Waals surface area contributed by atoms with Crippen molar-refractivity contribution in [3.8, 4) is 5.75 Å². The average molecular weight is 334 g/mol. The minimum atomic E-state index is -0.563. The summed E-state index contributed by atoms with van der Waals surface area (Å²) in [5, 5.41) is 4.22. The maximum Gasteiger partial charge on any atom is 0.310 e. The summed E-state index contributed by atoms with van der Waals surface area (Å²) in [5.74, 6) is -1.40. The molecule has 1 heterocycles. The number of esters is 1. The molecule has 0 N–H and O–H groups in total. The van der Waals surface area contributed by atoms with Gasteiger partial charge >= 0.3 is 5.97 Å². The molecule has 0 amide bonds. The molecule has 0 unspecified atom stereocenters. The number of Topliss-reactive ketones (excluding diaryl/α,β-unsaturated/α-hetero) is 1. The van der Waals surface area contributed by atoms with Crippen molar-refractivity contribution in [3.63, 3.8) is 0 Å². The molecule has 2 rings (SSSR count). The SMILES string of the molecule is COc1ccc(F)cc1C(=O)COC(=O)Cc1c(C)nn(C)c1C. The van der Waals surface area contributed by atoms with Crippen molar-refractivity contribution in [1.29, 1.82) is 0 Å². The standard InChI is InChI=1S/C17H19FN2O4/c1-10-13(11(2)20(3)19-10)8-17(22)24-9-15(21)14-7-12(18)5-6-16(14)23-4/h5-7H,8-9H2,1-4H3. The largest absolute Gasteiger partial charge is 0.496 e. The van der Waals surface area contributed by atoms with Crippen LogP contribution in [0.15, 0.2) is 18.2 Å². The van der Waals surface area contributed by atoms with Crippen molar-refractivity contribution in [2.75, 3.05) is 13.7 Å². The third-order valence-electron chi connectivity index (χ3n) is 3.81. The Bertz CT molecular complexity index is 783. The molecule has 0 atom stereocenters. The van der Waals surface area contributed by atoms with Crippen LogP contribution in [-0.4, -0.2) is 35.2 Å².